The van der Waals surface area contributed by atoms with E-state index in [1.54, 1.807) is 0 Å². The van der Waals surface area contributed by atoms with Crippen LogP contribution in [0.2, 0.25) is 0 Å². The van der Waals surface area contributed by atoms with E-state index in [1.807, 2.05) is 0 Å². The average Bonchev–Trinajstić information content (AvgIpc) is 2.34. The van der Waals surface area contributed by atoms with Gasteiger partial charge >= 0.3 is 6.03 Å². The smallest absolute Gasteiger partial charge is 0.338 e. The molecule has 4 heteroatoms. The number of hydrogen-bond donors (Lipinski definition) is 1. The first-order chi connectivity index (χ1) is 4.79. The lowest BCUT2D eigenvalue weighted by atomic mass is 10.3. The fourth-order valence-electron chi connectivity index (χ4n) is 0.877. The fourth-order valence-corrected chi connectivity index (χ4v) is 0.877. The van der Waals surface area contributed by atoms with Crippen LogP contribution >= 0.6 is 0 Å². The van der Waals surface area contributed by atoms with Gasteiger partial charge in [0.1, 0.15) is 0 Å². The predicted octanol–water partition coefficient (Wildman–Crippen LogP) is 0.315. The second-order valence-electron chi connectivity index (χ2n) is 2.17. The lowest BCUT2D eigenvalue weighted by Gasteiger charge is -1.97. The van der Waals surface area contributed by atoms with Crippen molar-refractivity contribution in [2.45, 2.75) is 18.9 Å². The largest absolute Gasteiger partial charge is 0.373 e. The molecule has 0 aromatic rings. The van der Waals surface area contributed by atoms with Crippen LogP contribution in [-0.4, -0.2) is 25.0 Å². The van der Waals surface area contributed by atoms with Crippen molar-refractivity contribution in [2.24, 2.45) is 10.7 Å². The molecule has 1 atom stereocenters. The van der Waals surface area contributed by atoms with E-state index in [0.29, 0.717) is 0 Å². The molecule has 0 bridgehead atoms. The molecular formula is C6H10N2O2. The zero-order valence-corrected chi connectivity index (χ0v) is 5.62. The normalized spacial score (nSPS) is 25.8. The van der Waals surface area contributed by atoms with Crippen LogP contribution in [0.3, 0.4) is 0 Å². The van der Waals surface area contributed by atoms with E-state index >= 15 is 0 Å². The Morgan fingerprint density at radius 3 is 3.10 bits per heavy atom. The first-order valence-electron chi connectivity index (χ1n) is 3.24. The van der Waals surface area contributed by atoms with Crippen molar-refractivity contribution < 1.29 is 9.53 Å². The molecule has 1 saturated heterocycles. The Labute approximate surface area is 59.1 Å². The quantitative estimate of drug-likeness (QED) is 0.535. The summed E-state index contributed by atoms with van der Waals surface area (Å²) < 4.78 is 5.15. The molecule has 1 aliphatic rings. The van der Waals surface area contributed by atoms with Gasteiger partial charge in [-0.1, -0.05) is 0 Å². The van der Waals surface area contributed by atoms with Crippen molar-refractivity contribution >= 4 is 12.2 Å². The molecular weight excluding hydrogens is 132 g/mol. The molecule has 56 valence electrons. The molecule has 1 heterocycles. The van der Waals surface area contributed by atoms with Crippen LogP contribution in [-0.2, 0) is 4.74 Å². The highest BCUT2D eigenvalue weighted by atomic mass is 16.5. The third-order valence-corrected chi connectivity index (χ3v) is 1.33. The predicted molar refractivity (Wildman–Crippen MR) is 37.0 cm³/mol. The van der Waals surface area contributed by atoms with Gasteiger partial charge in [0.2, 0.25) is 0 Å². The summed E-state index contributed by atoms with van der Waals surface area (Å²) in [6.07, 6.45) is 3.45. The SMILES string of the molecule is NC(=O)/N=C/C1CCCO1. The van der Waals surface area contributed by atoms with Gasteiger partial charge in [0, 0.05) is 12.8 Å². The lowest BCUT2D eigenvalue weighted by Crippen LogP contribution is -2.11. The highest BCUT2D eigenvalue weighted by Crippen LogP contribution is 2.09. The van der Waals surface area contributed by atoms with Crippen LogP contribution in [0.15, 0.2) is 4.99 Å². The van der Waals surface area contributed by atoms with Crippen LogP contribution in [0.5, 0.6) is 0 Å². The van der Waals surface area contributed by atoms with Crippen molar-refractivity contribution in [3.8, 4) is 0 Å². The summed E-state index contributed by atoms with van der Waals surface area (Å²) in [6.45, 7) is 0.759. The van der Waals surface area contributed by atoms with Gasteiger partial charge in [-0.25, -0.2) is 9.79 Å². The van der Waals surface area contributed by atoms with Gasteiger partial charge in [-0.15, -0.1) is 0 Å². The number of nitrogens with zero attached hydrogens (tertiary/aromatic N) is 1. The highest BCUT2D eigenvalue weighted by molar-refractivity contribution is 5.83. The summed E-state index contributed by atoms with van der Waals surface area (Å²) >= 11 is 0. The molecule has 2 amide bonds. The number of aliphatic imine (C=N–C) groups is 1. The minimum atomic E-state index is -0.657. The zero-order valence-electron chi connectivity index (χ0n) is 5.62. The Morgan fingerprint density at radius 1 is 1.80 bits per heavy atom. The zero-order chi connectivity index (χ0) is 7.40. The highest BCUT2D eigenvalue weighted by Gasteiger charge is 2.12. The summed E-state index contributed by atoms with van der Waals surface area (Å²) in [5, 5.41) is 0. The van der Waals surface area contributed by atoms with E-state index in [0.717, 1.165) is 19.4 Å². The van der Waals surface area contributed by atoms with Gasteiger partial charge in [0.15, 0.2) is 0 Å². The molecule has 0 aromatic heterocycles. The van der Waals surface area contributed by atoms with Crippen LogP contribution in [0.25, 0.3) is 0 Å². The first kappa shape index (κ1) is 7.21. The van der Waals surface area contributed by atoms with Gasteiger partial charge in [0.25, 0.3) is 0 Å². The summed E-state index contributed by atoms with van der Waals surface area (Å²) in [5.41, 5.74) is 4.78. The van der Waals surface area contributed by atoms with Crippen molar-refractivity contribution in [1.29, 1.82) is 0 Å². The Bertz CT molecular complexity index is 150. The Morgan fingerprint density at radius 2 is 2.60 bits per heavy atom. The maximum atomic E-state index is 10.1. The molecule has 0 spiro atoms. The molecule has 10 heavy (non-hydrogen) atoms. The Kier molecular flexibility index (Phi) is 2.39. The molecule has 0 aliphatic carbocycles. The van der Waals surface area contributed by atoms with E-state index in [4.69, 9.17) is 10.5 Å². The first-order valence-corrected chi connectivity index (χ1v) is 3.24. The second-order valence-corrected chi connectivity index (χ2v) is 2.17. The number of carbonyl (C=O) groups excluding carboxylic acids is 1. The van der Waals surface area contributed by atoms with Crippen molar-refractivity contribution in [2.75, 3.05) is 6.61 Å². The Balaban J connectivity index is 2.29. The summed E-state index contributed by atoms with van der Waals surface area (Å²) in [6, 6.07) is -0.657. The summed E-state index contributed by atoms with van der Waals surface area (Å²) in [4.78, 5) is 13.5. The monoisotopic (exact) mass is 142 g/mol. The fraction of sp³-hybridized carbons (Fsp3) is 0.667. The average molecular weight is 142 g/mol. The number of carbonyl (C=O) groups is 1. The molecule has 2 N–H and O–H groups in total. The lowest BCUT2D eigenvalue weighted by molar-refractivity contribution is 0.161. The van der Waals surface area contributed by atoms with E-state index in [1.165, 1.54) is 6.21 Å². The second kappa shape index (κ2) is 3.31. The third-order valence-electron chi connectivity index (χ3n) is 1.33. The van der Waals surface area contributed by atoms with Crippen LogP contribution < -0.4 is 5.73 Å². The maximum absolute atomic E-state index is 10.1. The third kappa shape index (κ3) is 2.14. The van der Waals surface area contributed by atoms with Gasteiger partial charge in [-0.05, 0) is 12.8 Å². The summed E-state index contributed by atoms with van der Waals surface area (Å²) in [7, 11) is 0. The number of amides is 2. The van der Waals surface area contributed by atoms with E-state index < -0.39 is 6.03 Å². The number of primary amides is 1. The number of nitrogens with two attached hydrogens (primary N) is 1. The molecule has 4 nitrogen and oxygen atoms in total. The Hall–Kier alpha value is -0.900. The molecule has 0 saturated carbocycles. The molecule has 1 rings (SSSR count). The van der Waals surface area contributed by atoms with Crippen LogP contribution in [0.1, 0.15) is 12.8 Å². The van der Waals surface area contributed by atoms with Gasteiger partial charge < -0.3 is 10.5 Å². The van der Waals surface area contributed by atoms with Crippen molar-refractivity contribution in [3.63, 3.8) is 0 Å². The minimum absolute atomic E-state index is 0.00694. The maximum Gasteiger partial charge on any atom is 0.338 e. The minimum Gasteiger partial charge on any atom is -0.373 e. The van der Waals surface area contributed by atoms with Gasteiger partial charge in [0.05, 0.1) is 6.10 Å². The van der Waals surface area contributed by atoms with Crippen molar-refractivity contribution in [1.82, 2.24) is 0 Å². The number of ether oxygens (including phenoxy) is 1. The number of hydrogen-bond acceptors (Lipinski definition) is 2. The summed E-state index contributed by atoms with van der Waals surface area (Å²) in [5.74, 6) is 0. The van der Waals surface area contributed by atoms with Crippen LogP contribution in [0, 0.1) is 0 Å². The van der Waals surface area contributed by atoms with Gasteiger partial charge in [-0.2, -0.15) is 0 Å². The van der Waals surface area contributed by atoms with Crippen molar-refractivity contribution in [3.05, 3.63) is 0 Å². The molecule has 1 fully saturated rings. The number of urea groups is 1. The topological polar surface area (TPSA) is 64.7 Å². The molecule has 1 unspecified atom stereocenters. The van der Waals surface area contributed by atoms with E-state index in [9.17, 15) is 4.79 Å². The van der Waals surface area contributed by atoms with Gasteiger partial charge in [-0.3, -0.25) is 0 Å². The van der Waals surface area contributed by atoms with E-state index in [-0.39, 0.29) is 6.10 Å². The van der Waals surface area contributed by atoms with E-state index in [2.05, 4.69) is 4.99 Å². The molecule has 0 aromatic carbocycles. The standard InChI is InChI=1S/C6H10N2O2/c7-6(9)8-4-5-2-1-3-10-5/h4-5H,1-3H2,(H2,7,9)/b8-4+. The molecule has 0 radical (unpaired) electrons. The molecule has 1 aliphatic heterocycles. The van der Waals surface area contributed by atoms with Crippen LogP contribution in [0.4, 0.5) is 4.79 Å². The number of rotatable bonds is 1.